The maximum atomic E-state index is 12.1. The second-order valence-electron chi connectivity index (χ2n) is 7.91. The van der Waals surface area contributed by atoms with Gasteiger partial charge in [0, 0.05) is 18.2 Å². The first kappa shape index (κ1) is 25.8. The lowest BCUT2D eigenvalue weighted by atomic mass is 10.2. The predicted molar refractivity (Wildman–Crippen MR) is 143 cm³/mol. The highest BCUT2D eigenvalue weighted by Gasteiger charge is 2.19. The molecule has 0 atom stereocenters. The number of nitrogens with zero attached hydrogens (tertiary/aromatic N) is 3. The highest BCUT2D eigenvalue weighted by Crippen LogP contribution is 2.33. The van der Waals surface area contributed by atoms with Gasteiger partial charge in [0.05, 0.1) is 14.2 Å². The van der Waals surface area contributed by atoms with E-state index in [4.69, 9.17) is 14.2 Å². The van der Waals surface area contributed by atoms with Crippen LogP contribution in [0.1, 0.15) is 18.1 Å². The van der Waals surface area contributed by atoms with Crippen LogP contribution in [0.15, 0.2) is 82.9 Å². The fraction of sp³-hybridized carbons (Fsp3) is 0.179. The lowest BCUT2D eigenvalue weighted by Crippen LogP contribution is -2.03. The molecule has 0 saturated heterocycles. The molecule has 3 aromatic carbocycles. The zero-order chi connectivity index (χ0) is 26.2. The van der Waals surface area contributed by atoms with E-state index >= 15 is 0 Å². The minimum atomic E-state index is -1.06. The average molecular weight is 518 g/mol. The smallest absolute Gasteiger partial charge is 0.342 e. The Kier molecular flexibility index (Phi) is 8.48. The maximum Gasteiger partial charge on any atom is 0.342 e. The third-order valence-corrected chi connectivity index (χ3v) is 6.46. The van der Waals surface area contributed by atoms with E-state index in [0.29, 0.717) is 46.9 Å². The normalized spacial score (nSPS) is 11.3. The number of hydrogen-bond acceptors (Lipinski definition) is 7. The van der Waals surface area contributed by atoms with Crippen LogP contribution in [-0.4, -0.2) is 40.1 Å². The number of carboxylic acid groups (broad SMARTS) is 1. The van der Waals surface area contributed by atoms with Crippen molar-refractivity contribution in [2.45, 2.75) is 25.2 Å². The number of aliphatic carboxylic acids is 1. The monoisotopic (exact) mass is 517 g/mol. The van der Waals surface area contributed by atoms with Gasteiger partial charge in [-0.2, -0.15) is 0 Å². The summed E-state index contributed by atoms with van der Waals surface area (Å²) in [6.07, 6.45) is 1.60. The van der Waals surface area contributed by atoms with E-state index in [9.17, 15) is 9.90 Å². The summed E-state index contributed by atoms with van der Waals surface area (Å²) in [7, 11) is 3.16. The van der Waals surface area contributed by atoms with Crippen molar-refractivity contribution in [3.05, 3.63) is 88.8 Å². The minimum Gasteiger partial charge on any atom is -0.497 e. The van der Waals surface area contributed by atoms with E-state index in [1.54, 1.807) is 26.4 Å². The molecule has 9 heteroatoms. The van der Waals surface area contributed by atoms with E-state index in [1.807, 2.05) is 78.2 Å². The highest BCUT2D eigenvalue weighted by molar-refractivity contribution is 8.04. The molecule has 4 rings (SSSR count). The lowest BCUT2D eigenvalue weighted by molar-refractivity contribution is -0.131. The highest BCUT2D eigenvalue weighted by atomic mass is 32.2. The van der Waals surface area contributed by atoms with E-state index < -0.39 is 5.97 Å². The molecule has 1 aromatic heterocycles. The van der Waals surface area contributed by atoms with Crippen molar-refractivity contribution in [2.75, 3.05) is 14.2 Å². The van der Waals surface area contributed by atoms with Gasteiger partial charge < -0.3 is 23.9 Å². The predicted octanol–water partition coefficient (Wildman–Crippen LogP) is 5.78. The Balaban J connectivity index is 1.59. The molecule has 0 unspecified atom stereocenters. The van der Waals surface area contributed by atoms with Crippen molar-refractivity contribution < 1.29 is 24.1 Å². The van der Waals surface area contributed by atoms with Crippen LogP contribution in [-0.2, 0) is 17.9 Å². The van der Waals surface area contributed by atoms with E-state index in [-0.39, 0.29) is 4.91 Å². The summed E-state index contributed by atoms with van der Waals surface area (Å²) in [5.41, 5.74) is 2.51. The fourth-order valence-electron chi connectivity index (χ4n) is 3.62. The summed E-state index contributed by atoms with van der Waals surface area (Å²) in [6, 6.07) is 22.6. The Hall–Kier alpha value is -4.24. The average Bonchev–Trinajstić information content (AvgIpc) is 3.34. The number of benzene rings is 3. The molecule has 0 aliphatic heterocycles. The molecule has 0 aliphatic rings. The van der Waals surface area contributed by atoms with Crippen molar-refractivity contribution in [1.82, 2.24) is 14.8 Å². The fourth-order valence-corrected chi connectivity index (χ4v) is 4.51. The number of carbonyl (C=O) groups is 1. The van der Waals surface area contributed by atoms with Crippen molar-refractivity contribution in [3.63, 3.8) is 0 Å². The summed E-state index contributed by atoms with van der Waals surface area (Å²) >= 11 is 1.04. The summed E-state index contributed by atoms with van der Waals surface area (Å²) in [6.45, 7) is 2.91. The third kappa shape index (κ3) is 6.50. The van der Waals surface area contributed by atoms with Crippen LogP contribution in [0.5, 0.6) is 17.2 Å². The van der Waals surface area contributed by atoms with Crippen molar-refractivity contribution in [2.24, 2.45) is 0 Å². The first-order valence-corrected chi connectivity index (χ1v) is 12.4. The number of ether oxygens (including phenoxy) is 3. The molecular weight excluding hydrogens is 490 g/mol. The lowest BCUT2D eigenvalue weighted by Gasteiger charge is -2.11. The van der Waals surface area contributed by atoms with E-state index in [0.717, 1.165) is 22.9 Å². The molecule has 37 heavy (non-hydrogen) atoms. The van der Waals surface area contributed by atoms with Gasteiger partial charge >= 0.3 is 5.97 Å². The minimum absolute atomic E-state index is 0.108. The molecule has 0 fully saturated rings. The molecule has 0 radical (unpaired) electrons. The Morgan fingerprint density at radius 2 is 1.68 bits per heavy atom. The zero-order valence-electron chi connectivity index (χ0n) is 20.7. The third-order valence-electron chi connectivity index (χ3n) is 5.46. The van der Waals surface area contributed by atoms with Crippen LogP contribution in [0.2, 0.25) is 0 Å². The molecule has 0 bridgehead atoms. The van der Waals surface area contributed by atoms with Crippen LogP contribution < -0.4 is 14.2 Å². The van der Waals surface area contributed by atoms with Gasteiger partial charge in [0.1, 0.15) is 28.8 Å². The number of hydrogen-bond donors (Lipinski definition) is 1. The zero-order valence-corrected chi connectivity index (χ0v) is 21.6. The molecule has 0 saturated carbocycles. The van der Waals surface area contributed by atoms with Gasteiger partial charge in [0.15, 0.2) is 11.0 Å². The topological polar surface area (TPSA) is 95.7 Å². The molecule has 0 spiro atoms. The van der Waals surface area contributed by atoms with Crippen molar-refractivity contribution in [3.8, 4) is 28.6 Å². The first-order valence-electron chi connectivity index (χ1n) is 11.6. The summed E-state index contributed by atoms with van der Waals surface area (Å²) in [4.78, 5) is 12.2. The number of carboxylic acids is 1. The molecule has 0 aliphatic carbocycles. The van der Waals surface area contributed by atoms with Crippen LogP contribution in [0.25, 0.3) is 17.5 Å². The first-order chi connectivity index (χ1) is 18.0. The van der Waals surface area contributed by atoms with Crippen LogP contribution >= 0.6 is 11.8 Å². The Bertz CT molecular complexity index is 1380. The molecule has 1 heterocycles. The maximum absolute atomic E-state index is 12.1. The van der Waals surface area contributed by atoms with Gasteiger partial charge in [-0.1, -0.05) is 42.5 Å². The number of methoxy groups -OCH3 is 2. The summed E-state index contributed by atoms with van der Waals surface area (Å²) in [5, 5.41) is 19.0. The number of aromatic nitrogens is 3. The van der Waals surface area contributed by atoms with E-state index in [1.165, 1.54) is 0 Å². The molecule has 190 valence electrons. The molecule has 1 N–H and O–H groups in total. The van der Waals surface area contributed by atoms with Crippen LogP contribution in [0.4, 0.5) is 0 Å². The number of rotatable bonds is 11. The summed E-state index contributed by atoms with van der Waals surface area (Å²) in [5.74, 6) is 1.42. The van der Waals surface area contributed by atoms with Gasteiger partial charge in [0.25, 0.3) is 0 Å². The van der Waals surface area contributed by atoms with Gasteiger partial charge in [-0.15, -0.1) is 10.2 Å². The van der Waals surface area contributed by atoms with Gasteiger partial charge in [-0.25, -0.2) is 4.79 Å². The SMILES string of the molecule is CCn1c(S/C(=C\c2cccc(OCc3ccccc3)c2)C(=O)O)nnc1-c1cc(OC)cc(OC)c1. The van der Waals surface area contributed by atoms with Gasteiger partial charge in [-0.05, 0) is 60.2 Å². The van der Waals surface area contributed by atoms with Crippen molar-refractivity contribution >= 4 is 23.8 Å². The van der Waals surface area contributed by atoms with Gasteiger partial charge in [-0.3, -0.25) is 0 Å². The largest absolute Gasteiger partial charge is 0.497 e. The Morgan fingerprint density at radius 1 is 0.946 bits per heavy atom. The van der Waals surface area contributed by atoms with Gasteiger partial charge in [0.2, 0.25) is 0 Å². The second-order valence-corrected chi connectivity index (χ2v) is 8.92. The molecule has 8 nitrogen and oxygen atoms in total. The molecular formula is C28H27N3O5S. The number of thioether (sulfide) groups is 1. The van der Waals surface area contributed by atoms with Crippen LogP contribution in [0.3, 0.4) is 0 Å². The Labute approximate surface area is 219 Å². The summed E-state index contributed by atoms with van der Waals surface area (Å²) < 4.78 is 18.5. The van der Waals surface area contributed by atoms with Crippen molar-refractivity contribution in [1.29, 1.82) is 0 Å². The Morgan fingerprint density at radius 3 is 2.32 bits per heavy atom. The quantitative estimate of drug-likeness (QED) is 0.198. The second kappa shape index (κ2) is 12.1. The van der Waals surface area contributed by atoms with Crippen LogP contribution in [0, 0.1) is 0 Å². The molecule has 0 amide bonds. The standard InChI is InChI=1S/C28H27N3O5S/c1-4-31-26(21-15-23(34-2)17-24(16-21)35-3)29-30-28(31)37-25(27(32)33)14-20-11-8-12-22(13-20)36-18-19-9-6-5-7-10-19/h5-17H,4,18H2,1-3H3,(H,32,33)/b25-14-. The van der Waals surface area contributed by atoms with E-state index in [2.05, 4.69) is 10.2 Å². The molecule has 4 aromatic rings.